The molecule has 2 rings (SSSR count). The maximum Gasteiger partial charge on any atom is 0.125 e. The molecular weight excluding hydrogens is 211 g/mol. The summed E-state index contributed by atoms with van der Waals surface area (Å²) in [4.78, 5) is 5.34. The zero-order valence-electron chi connectivity index (χ0n) is 8.33. The maximum atomic E-state index is 12.8. The average molecular weight is 222 g/mol. The topological polar surface area (TPSA) is 38.9 Å². The van der Waals surface area contributed by atoms with Crippen LogP contribution in [0.1, 0.15) is 16.1 Å². The number of rotatable bonds is 2. The second kappa shape index (κ2) is 3.98. The van der Waals surface area contributed by atoms with Crippen molar-refractivity contribution in [2.75, 3.05) is 5.73 Å². The molecule has 78 valence electrons. The first kappa shape index (κ1) is 10.1. The van der Waals surface area contributed by atoms with Gasteiger partial charge in [0.15, 0.2) is 0 Å². The van der Waals surface area contributed by atoms with Gasteiger partial charge in [-0.05, 0) is 24.6 Å². The molecule has 1 aromatic heterocycles. The van der Waals surface area contributed by atoms with Crippen LogP contribution in [0.3, 0.4) is 0 Å². The highest BCUT2D eigenvalue weighted by atomic mass is 32.1. The van der Waals surface area contributed by atoms with Crippen molar-refractivity contribution in [1.82, 2.24) is 4.98 Å². The predicted molar refractivity (Wildman–Crippen MR) is 60.5 cm³/mol. The van der Waals surface area contributed by atoms with Gasteiger partial charge in [0.1, 0.15) is 5.82 Å². The van der Waals surface area contributed by atoms with Gasteiger partial charge in [0.25, 0.3) is 0 Å². The minimum atomic E-state index is -0.294. The Hall–Kier alpha value is -1.42. The molecule has 0 amide bonds. The molecular formula is C11H11FN2S. The van der Waals surface area contributed by atoms with Crippen LogP contribution in [-0.4, -0.2) is 4.98 Å². The molecule has 1 aromatic carbocycles. The molecule has 0 aliphatic carbocycles. The average Bonchev–Trinajstić information content (AvgIpc) is 2.57. The molecule has 0 spiro atoms. The van der Waals surface area contributed by atoms with Gasteiger partial charge in [-0.1, -0.05) is 6.07 Å². The first-order valence-corrected chi connectivity index (χ1v) is 5.47. The second-order valence-corrected chi connectivity index (χ2v) is 4.32. The van der Waals surface area contributed by atoms with Gasteiger partial charge in [-0.3, -0.25) is 0 Å². The molecule has 1 heterocycles. The van der Waals surface area contributed by atoms with Gasteiger partial charge in [-0.25, -0.2) is 9.37 Å². The summed E-state index contributed by atoms with van der Waals surface area (Å²) in [5, 5.41) is 0. The summed E-state index contributed by atoms with van der Waals surface area (Å²) < 4.78 is 12.8. The lowest BCUT2D eigenvalue weighted by Crippen LogP contribution is -1.96. The van der Waals surface area contributed by atoms with Crippen LogP contribution < -0.4 is 5.73 Å². The zero-order chi connectivity index (χ0) is 10.8. The van der Waals surface area contributed by atoms with Crippen LogP contribution in [0, 0.1) is 12.7 Å². The van der Waals surface area contributed by atoms with Gasteiger partial charge >= 0.3 is 0 Å². The van der Waals surface area contributed by atoms with Crippen molar-refractivity contribution >= 4 is 17.0 Å². The summed E-state index contributed by atoms with van der Waals surface area (Å²) in [7, 11) is 0. The first-order valence-electron chi connectivity index (χ1n) is 4.59. The van der Waals surface area contributed by atoms with E-state index in [-0.39, 0.29) is 5.82 Å². The molecule has 4 heteroatoms. The molecule has 2 nitrogen and oxygen atoms in total. The maximum absolute atomic E-state index is 12.8. The molecule has 2 aromatic rings. The summed E-state index contributed by atoms with van der Waals surface area (Å²) in [6.45, 7) is 1.96. The number of nitrogens with two attached hydrogens (primary N) is 1. The molecule has 0 aliphatic rings. The zero-order valence-corrected chi connectivity index (χ0v) is 9.14. The predicted octanol–water partition coefficient (Wildman–Crippen LogP) is 2.76. The SMILES string of the molecule is Cc1ncsc1Cc1ccc(F)cc1N. The number of nitrogen functional groups attached to an aromatic ring is 1. The number of thiazole rings is 1. The largest absolute Gasteiger partial charge is 0.398 e. The molecule has 0 unspecified atom stereocenters. The van der Waals surface area contributed by atoms with Crippen LogP contribution in [0.2, 0.25) is 0 Å². The van der Waals surface area contributed by atoms with Gasteiger partial charge in [0.05, 0.1) is 11.2 Å². The summed E-state index contributed by atoms with van der Waals surface area (Å²) in [5.74, 6) is -0.294. The fourth-order valence-electron chi connectivity index (χ4n) is 1.40. The molecule has 0 aliphatic heterocycles. The Morgan fingerprint density at radius 3 is 2.87 bits per heavy atom. The normalized spacial score (nSPS) is 10.5. The minimum Gasteiger partial charge on any atom is -0.398 e. The van der Waals surface area contributed by atoms with Gasteiger partial charge in [0, 0.05) is 17.0 Å². The highest BCUT2D eigenvalue weighted by Gasteiger charge is 2.06. The molecule has 0 atom stereocenters. The monoisotopic (exact) mass is 222 g/mol. The van der Waals surface area contributed by atoms with Crippen molar-refractivity contribution < 1.29 is 4.39 Å². The number of aryl methyl sites for hydroxylation is 1. The van der Waals surface area contributed by atoms with E-state index in [9.17, 15) is 4.39 Å². The lowest BCUT2D eigenvalue weighted by molar-refractivity contribution is 0.628. The summed E-state index contributed by atoms with van der Waals surface area (Å²) >= 11 is 1.60. The Kier molecular flexibility index (Phi) is 2.68. The number of halogens is 1. The highest BCUT2D eigenvalue weighted by Crippen LogP contribution is 2.21. The quantitative estimate of drug-likeness (QED) is 0.793. The van der Waals surface area contributed by atoms with E-state index in [1.165, 1.54) is 17.0 Å². The van der Waals surface area contributed by atoms with Crippen LogP contribution in [0.4, 0.5) is 10.1 Å². The third kappa shape index (κ3) is 2.15. The van der Waals surface area contributed by atoms with Crippen LogP contribution in [0.5, 0.6) is 0 Å². The standard InChI is InChI=1S/C11H11FN2S/c1-7-11(15-6-14-7)4-8-2-3-9(12)5-10(8)13/h2-3,5-6H,4,13H2,1H3. The Labute approximate surface area is 91.6 Å². The van der Waals surface area contributed by atoms with Crippen LogP contribution in [-0.2, 0) is 6.42 Å². The number of nitrogens with zero attached hydrogens (tertiary/aromatic N) is 1. The van der Waals surface area contributed by atoms with Crippen molar-refractivity contribution in [2.24, 2.45) is 0 Å². The van der Waals surface area contributed by atoms with Crippen molar-refractivity contribution in [2.45, 2.75) is 13.3 Å². The highest BCUT2D eigenvalue weighted by molar-refractivity contribution is 7.09. The van der Waals surface area contributed by atoms with E-state index in [0.717, 1.165) is 17.7 Å². The molecule has 0 saturated heterocycles. The number of hydrogen-bond donors (Lipinski definition) is 1. The molecule has 0 radical (unpaired) electrons. The van der Waals surface area contributed by atoms with Gasteiger partial charge < -0.3 is 5.73 Å². The van der Waals surface area contributed by atoms with E-state index in [1.54, 1.807) is 17.4 Å². The van der Waals surface area contributed by atoms with E-state index in [0.29, 0.717) is 5.69 Å². The summed E-state index contributed by atoms with van der Waals surface area (Å²) in [6, 6.07) is 4.51. The van der Waals surface area contributed by atoms with E-state index in [2.05, 4.69) is 4.98 Å². The fraction of sp³-hybridized carbons (Fsp3) is 0.182. The van der Waals surface area contributed by atoms with Gasteiger partial charge in [0.2, 0.25) is 0 Å². The Morgan fingerprint density at radius 2 is 2.27 bits per heavy atom. The summed E-state index contributed by atoms with van der Waals surface area (Å²) in [5.41, 5.74) is 10.0. The first-order chi connectivity index (χ1) is 7.16. The van der Waals surface area contributed by atoms with Crippen molar-refractivity contribution in [3.05, 3.63) is 45.7 Å². The van der Waals surface area contributed by atoms with Crippen LogP contribution in [0.15, 0.2) is 23.7 Å². The number of aromatic nitrogens is 1. The molecule has 2 N–H and O–H groups in total. The molecule has 0 fully saturated rings. The third-order valence-electron chi connectivity index (χ3n) is 2.30. The number of anilines is 1. The fourth-order valence-corrected chi connectivity index (χ4v) is 2.20. The smallest absolute Gasteiger partial charge is 0.125 e. The van der Waals surface area contributed by atoms with Gasteiger partial charge in [-0.2, -0.15) is 0 Å². The molecule has 0 saturated carbocycles. The van der Waals surface area contributed by atoms with Crippen LogP contribution >= 0.6 is 11.3 Å². The van der Waals surface area contributed by atoms with Crippen molar-refractivity contribution in [3.63, 3.8) is 0 Å². The van der Waals surface area contributed by atoms with E-state index >= 15 is 0 Å². The Morgan fingerprint density at radius 1 is 1.47 bits per heavy atom. The number of hydrogen-bond acceptors (Lipinski definition) is 3. The molecule has 15 heavy (non-hydrogen) atoms. The molecule has 0 bridgehead atoms. The second-order valence-electron chi connectivity index (χ2n) is 3.38. The third-order valence-corrected chi connectivity index (χ3v) is 3.24. The van der Waals surface area contributed by atoms with Crippen LogP contribution in [0.25, 0.3) is 0 Å². The van der Waals surface area contributed by atoms with E-state index < -0.39 is 0 Å². The van der Waals surface area contributed by atoms with Crippen molar-refractivity contribution in [1.29, 1.82) is 0 Å². The van der Waals surface area contributed by atoms with Gasteiger partial charge in [-0.15, -0.1) is 11.3 Å². The lowest BCUT2D eigenvalue weighted by Gasteiger charge is -2.04. The Balaban J connectivity index is 2.29. The van der Waals surface area contributed by atoms with E-state index in [4.69, 9.17) is 5.73 Å². The lowest BCUT2D eigenvalue weighted by atomic mass is 10.1. The summed E-state index contributed by atoms with van der Waals surface area (Å²) in [6.07, 6.45) is 0.725. The minimum absolute atomic E-state index is 0.294. The van der Waals surface area contributed by atoms with E-state index in [1.807, 2.05) is 12.4 Å². The Bertz CT molecular complexity index is 479. The number of benzene rings is 1. The van der Waals surface area contributed by atoms with Crippen molar-refractivity contribution in [3.8, 4) is 0 Å².